The molecular formula is C22H22ClFN4O4S. The zero-order chi connectivity index (χ0) is 24.2. The Labute approximate surface area is 196 Å². The van der Waals surface area contributed by atoms with Crippen molar-refractivity contribution in [3.8, 4) is 11.3 Å². The lowest BCUT2D eigenvalue weighted by Crippen LogP contribution is -2.27. The number of hydrogen-bond donors (Lipinski definition) is 2. The molecule has 0 amide bonds. The number of sulfonamides is 1. The fraction of sp³-hybridized carbons (Fsp3) is 0.227. The van der Waals surface area contributed by atoms with Crippen molar-refractivity contribution in [3.63, 3.8) is 0 Å². The fourth-order valence-corrected chi connectivity index (χ4v) is 4.35. The summed E-state index contributed by atoms with van der Waals surface area (Å²) in [6.45, 7) is 4.22. The minimum absolute atomic E-state index is 0.00893. The quantitative estimate of drug-likeness (QED) is 0.456. The highest BCUT2D eigenvalue weighted by Crippen LogP contribution is 2.31. The molecule has 0 aliphatic heterocycles. The molecule has 0 radical (unpaired) electrons. The zero-order valence-corrected chi connectivity index (χ0v) is 19.5. The van der Waals surface area contributed by atoms with Gasteiger partial charge < -0.3 is 10.0 Å². The van der Waals surface area contributed by atoms with Gasteiger partial charge in [-0.15, -0.1) is 0 Å². The van der Waals surface area contributed by atoms with Gasteiger partial charge in [0, 0.05) is 30.9 Å². The standard InChI is InChI=1S/C22H22ClFN4O4S/c1-3-28(11-9-21(29)30)20-13-16(8-10-25-20)33(31,32)27-19-7-6-18(23)22(26-19)17-12-15(24)5-4-14(17)2/h4-8,10,12-13H,3,9,11H2,1-2H3,(H,26,27)(H,29,30). The van der Waals surface area contributed by atoms with Gasteiger partial charge >= 0.3 is 5.97 Å². The summed E-state index contributed by atoms with van der Waals surface area (Å²) in [7, 11) is -4.05. The van der Waals surface area contributed by atoms with Gasteiger partial charge in [-0.05, 0) is 49.7 Å². The van der Waals surface area contributed by atoms with Crippen molar-refractivity contribution in [2.75, 3.05) is 22.7 Å². The van der Waals surface area contributed by atoms with Crippen molar-refractivity contribution >= 4 is 39.2 Å². The van der Waals surface area contributed by atoms with E-state index in [9.17, 15) is 17.6 Å². The molecule has 174 valence electrons. The Balaban J connectivity index is 1.91. The lowest BCUT2D eigenvalue weighted by atomic mass is 10.0. The van der Waals surface area contributed by atoms with E-state index in [-0.39, 0.29) is 34.4 Å². The van der Waals surface area contributed by atoms with Gasteiger partial charge in [0.2, 0.25) is 0 Å². The normalized spacial score (nSPS) is 11.3. The summed E-state index contributed by atoms with van der Waals surface area (Å²) in [6, 6.07) is 9.76. The van der Waals surface area contributed by atoms with Crippen molar-refractivity contribution in [2.45, 2.75) is 25.2 Å². The number of pyridine rings is 2. The highest BCUT2D eigenvalue weighted by molar-refractivity contribution is 7.92. The lowest BCUT2D eigenvalue weighted by molar-refractivity contribution is -0.136. The van der Waals surface area contributed by atoms with Crippen LogP contribution in [-0.4, -0.2) is 42.6 Å². The van der Waals surface area contributed by atoms with Crippen LogP contribution in [0.4, 0.5) is 16.0 Å². The van der Waals surface area contributed by atoms with Crippen molar-refractivity contribution in [1.82, 2.24) is 9.97 Å². The van der Waals surface area contributed by atoms with Gasteiger partial charge in [0.1, 0.15) is 17.5 Å². The molecule has 33 heavy (non-hydrogen) atoms. The van der Waals surface area contributed by atoms with E-state index < -0.39 is 21.8 Å². The van der Waals surface area contributed by atoms with Crippen LogP contribution in [0, 0.1) is 12.7 Å². The molecule has 0 aliphatic carbocycles. The summed E-state index contributed by atoms with van der Waals surface area (Å²) in [5.74, 6) is -1.08. The summed E-state index contributed by atoms with van der Waals surface area (Å²) in [5.41, 5.74) is 1.42. The Bertz CT molecular complexity index is 1290. The van der Waals surface area contributed by atoms with E-state index in [1.165, 1.54) is 42.6 Å². The molecule has 2 heterocycles. The molecule has 1 aromatic carbocycles. The van der Waals surface area contributed by atoms with Gasteiger partial charge in [-0.2, -0.15) is 0 Å². The zero-order valence-electron chi connectivity index (χ0n) is 17.9. The number of halogens is 2. The highest BCUT2D eigenvalue weighted by Gasteiger charge is 2.19. The van der Waals surface area contributed by atoms with Crippen LogP contribution in [0.25, 0.3) is 11.3 Å². The van der Waals surface area contributed by atoms with E-state index in [4.69, 9.17) is 16.7 Å². The van der Waals surface area contributed by atoms with Crippen LogP contribution in [0.2, 0.25) is 5.02 Å². The summed E-state index contributed by atoms with van der Waals surface area (Å²) < 4.78 is 42.2. The number of carboxylic acids is 1. The fourth-order valence-electron chi connectivity index (χ4n) is 3.14. The lowest BCUT2D eigenvalue weighted by Gasteiger charge is -2.21. The molecule has 0 bridgehead atoms. The summed E-state index contributed by atoms with van der Waals surface area (Å²) in [6.07, 6.45) is 1.23. The summed E-state index contributed by atoms with van der Waals surface area (Å²) in [5, 5.41) is 9.16. The maximum absolute atomic E-state index is 13.8. The Morgan fingerprint density at radius 1 is 1.21 bits per heavy atom. The average molecular weight is 493 g/mol. The van der Waals surface area contributed by atoms with Crippen LogP contribution in [0.5, 0.6) is 0 Å². The number of aliphatic carboxylic acids is 1. The number of hydrogen-bond acceptors (Lipinski definition) is 6. The van der Waals surface area contributed by atoms with Crippen molar-refractivity contribution in [1.29, 1.82) is 0 Å². The van der Waals surface area contributed by atoms with Gasteiger partial charge in [-0.1, -0.05) is 17.7 Å². The molecule has 0 unspecified atom stereocenters. The van der Waals surface area contributed by atoms with Crippen LogP contribution in [0.1, 0.15) is 18.9 Å². The molecule has 0 atom stereocenters. The first-order chi connectivity index (χ1) is 15.6. The number of benzene rings is 1. The monoisotopic (exact) mass is 492 g/mol. The Kier molecular flexibility index (Phi) is 7.50. The van der Waals surface area contributed by atoms with E-state index in [0.29, 0.717) is 17.9 Å². The van der Waals surface area contributed by atoms with E-state index in [0.717, 1.165) is 5.56 Å². The number of aryl methyl sites for hydroxylation is 1. The number of nitrogens with one attached hydrogen (secondary N) is 1. The van der Waals surface area contributed by atoms with Crippen molar-refractivity contribution < 1.29 is 22.7 Å². The van der Waals surface area contributed by atoms with E-state index in [1.54, 1.807) is 17.9 Å². The molecule has 0 saturated carbocycles. The smallest absolute Gasteiger partial charge is 0.305 e. The number of nitrogens with zero attached hydrogens (tertiary/aromatic N) is 3. The topological polar surface area (TPSA) is 112 Å². The van der Waals surface area contributed by atoms with Gasteiger partial charge in [0.15, 0.2) is 0 Å². The van der Waals surface area contributed by atoms with Crippen molar-refractivity contribution in [3.05, 3.63) is 65.1 Å². The second kappa shape index (κ2) is 10.1. The van der Waals surface area contributed by atoms with Crippen molar-refractivity contribution in [2.24, 2.45) is 0 Å². The molecule has 0 spiro atoms. The van der Waals surface area contributed by atoms with E-state index in [2.05, 4.69) is 14.7 Å². The molecule has 11 heteroatoms. The first-order valence-corrected chi connectivity index (χ1v) is 11.9. The third-order valence-corrected chi connectivity index (χ3v) is 6.53. The van der Waals surface area contributed by atoms with Gasteiger partial charge in [-0.3, -0.25) is 9.52 Å². The highest BCUT2D eigenvalue weighted by atomic mass is 35.5. The largest absolute Gasteiger partial charge is 0.481 e. The maximum atomic E-state index is 13.8. The third-order valence-electron chi connectivity index (χ3n) is 4.87. The predicted octanol–water partition coefficient (Wildman–Crippen LogP) is 4.35. The number of carbonyl (C=O) groups is 1. The van der Waals surface area contributed by atoms with Gasteiger partial charge in [-0.25, -0.2) is 22.8 Å². The molecule has 0 aliphatic rings. The first kappa shape index (κ1) is 24.4. The molecule has 8 nitrogen and oxygen atoms in total. The molecule has 3 aromatic rings. The molecule has 3 rings (SSSR count). The Morgan fingerprint density at radius 2 is 1.97 bits per heavy atom. The van der Waals surface area contributed by atoms with Gasteiger partial charge in [0.05, 0.1) is 22.0 Å². The van der Waals surface area contributed by atoms with E-state index in [1.807, 2.05) is 6.92 Å². The van der Waals surface area contributed by atoms with Crippen LogP contribution in [0.15, 0.2) is 53.6 Å². The molecule has 0 saturated heterocycles. The average Bonchev–Trinajstić information content (AvgIpc) is 2.77. The predicted molar refractivity (Wildman–Crippen MR) is 125 cm³/mol. The molecular weight excluding hydrogens is 471 g/mol. The number of anilines is 2. The number of carboxylic acid groups (broad SMARTS) is 1. The second-order valence-electron chi connectivity index (χ2n) is 7.16. The van der Waals surface area contributed by atoms with E-state index >= 15 is 0 Å². The first-order valence-electron chi connectivity index (χ1n) is 9.99. The number of rotatable bonds is 9. The minimum Gasteiger partial charge on any atom is -0.481 e. The Morgan fingerprint density at radius 3 is 2.67 bits per heavy atom. The molecule has 0 fully saturated rings. The third kappa shape index (κ3) is 5.96. The molecule has 2 N–H and O–H groups in total. The summed E-state index contributed by atoms with van der Waals surface area (Å²) in [4.78, 5) is 20.9. The summed E-state index contributed by atoms with van der Waals surface area (Å²) >= 11 is 6.25. The van der Waals surface area contributed by atoms with Crippen LogP contribution >= 0.6 is 11.6 Å². The Hall–Kier alpha value is -3.24. The van der Waals surface area contributed by atoms with Crippen LogP contribution in [0.3, 0.4) is 0 Å². The van der Waals surface area contributed by atoms with Gasteiger partial charge in [0.25, 0.3) is 10.0 Å². The SMILES string of the molecule is CCN(CCC(=O)O)c1cc(S(=O)(=O)Nc2ccc(Cl)c(-c3cc(F)ccc3C)n2)ccn1. The maximum Gasteiger partial charge on any atom is 0.305 e. The second-order valence-corrected chi connectivity index (χ2v) is 9.25. The van der Waals surface area contributed by atoms with Crippen LogP contribution in [-0.2, 0) is 14.8 Å². The molecule has 2 aromatic heterocycles. The minimum atomic E-state index is -4.05. The van der Waals surface area contributed by atoms with Crippen LogP contribution < -0.4 is 9.62 Å². The number of aromatic nitrogens is 2.